The Morgan fingerprint density at radius 2 is 1.64 bits per heavy atom. The molecule has 1 saturated heterocycles. The van der Waals surface area contributed by atoms with E-state index in [9.17, 15) is 14.7 Å². The van der Waals surface area contributed by atoms with Gasteiger partial charge in [-0.3, -0.25) is 9.59 Å². The van der Waals surface area contributed by atoms with Gasteiger partial charge in [-0.2, -0.15) is 0 Å². The molecule has 0 unspecified atom stereocenters. The topological polar surface area (TPSA) is 69.6 Å². The minimum atomic E-state index is -0.247. The van der Waals surface area contributed by atoms with Crippen LogP contribution in [-0.2, 0) is 9.59 Å². The Kier molecular flexibility index (Phi) is 5.18. The molecule has 5 heteroatoms. The highest BCUT2D eigenvalue weighted by molar-refractivity contribution is 5.81. The molecule has 146 valence electrons. The van der Waals surface area contributed by atoms with Crippen molar-refractivity contribution < 1.29 is 14.7 Å². The highest BCUT2D eigenvalue weighted by Crippen LogP contribution is 2.41. The number of carbonyl (C=O) groups excluding carboxylic acids is 2. The summed E-state index contributed by atoms with van der Waals surface area (Å²) in [6.07, 6.45) is 1.91. The fraction of sp³-hybridized carbons (Fsp3) is 0.391. The van der Waals surface area contributed by atoms with E-state index in [1.54, 1.807) is 4.90 Å². The van der Waals surface area contributed by atoms with Gasteiger partial charge in [0.1, 0.15) is 0 Å². The summed E-state index contributed by atoms with van der Waals surface area (Å²) in [6, 6.07) is 18.1. The van der Waals surface area contributed by atoms with E-state index in [0.29, 0.717) is 6.54 Å². The molecule has 2 aromatic carbocycles. The van der Waals surface area contributed by atoms with Crippen molar-refractivity contribution in [3.8, 4) is 11.1 Å². The zero-order valence-electron chi connectivity index (χ0n) is 16.0. The Bertz CT molecular complexity index is 846. The molecule has 2 amide bonds. The van der Waals surface area contributed by atoms with Gasteiger partial charge in [0.05, 0.1) is 18.7 Å². The number of rotatable bonds is 6. The first-order valence-corrected chi connectivity index (χ1v) is 9.93. The summed E-state index contributed by atoms with van der Waals surface area (Å²) in [5, 5.41) is 12.9. The largest absolute Gasteiger partial charge is 0.394 e. The first-order chi connectivity index (χ1) is 13.6. The number of aliphatic hydroxyl groups is 1. The lowest BCUT2D eigenvalue weighted by Gasteiger charge is -2.54. The normalized spacial score (nSPS) is 23.8. The maximum atomic E-state index is 12.1. The molecule has 0 spiro atoms. The predicted molar refractivity (Wildman–Crippen MR) is 108 cm³/mol. The molecule has 1 aliphatic heterocycles. The van der Waals surface area contributed by atoms with Crippen LogP contribution in [0.5, 0.6) is 0 Å². The van der Waals surface area contributed by atoms with Crippen molar-refractivity contribution >= 4 is 11.8 Å². The van der Waals surface area contributed by atoms with Gasteiger partial charge in [-0.15, -0.1) is 0 Å². The fourth-order valence-corrected chi connectivity index (χ4v) is 4.31. The number of hydrogen-bond donors (Lipinski definition) is 2. The van der Waals surface area contributed by atoms with Crippen LogP contribution in [0, 0.1) is 5.92 Å². The number of nitrogens with zero attached hydrogens (tertiary/aromatic N) is 1. The van der Waals surface area contributed by atoms with Crippen LogP contribution < -0.4 is 5.32 Å². The lowest BCUT2D eigenvalue weighted by atomic mass is 9.74. The van der Waals surface area contributed by atoms with Crippen molar-refractivity contribution in [1.82, 2.24) is 10.2 Å². The Hall–Kier alpha value is -2.66. The molecule has 5 nitrogen and oxygen atoms in total. The zero-order valence-corrected chi connectivity index (χ0v) is 16.0. The summed E-state index contributed by atoms with van der Waals surface area (Å²) < 4.78 is 0. The van der Waals surface area contributed by atoms with Crippen molar-refractivity contribution in [2.45, 2.75) is 37.8 Å². The lowest BCUT2D eigenvalue weighted by molar-refractivity contribution is -0.148. The van der Waals surface area contributed by atoms with Crippen LogP contribution in [0.3, 0.4) is 0 Å². The summed E-state index contributed by atoms with van der Waals surface area (Å²) in [5.41, 5.74) is 3.37. The molecule has 0 aromatic heterocycles. The molecule has 3 atom stereocenters. The summed E-state index contributed by atoms with van der Waals surface area (Å²) in [4.78, 5) is 25.9. The van der Waals surface area contributed by atoms with Gasteiger partial charge < -0.3 is 15.3 Å². The van der Waals surface area contributed by atoms with Crippen LogP contribution in [0.15, 0.2) is 54.6 Å². The fourth-order valence-electron chi connectivity index (χ4n) is 4.31. The number of hydrogen-bond acceptors (Lipinski definition) is 3. The summed E-state index contributed by atoms with van der Waals surface area (Å²) in [6.45, 7) is 1.86. The van der Waals surface area contributed by atoms with E-state index in [0.717, 1.165) is 29.5 Å². The van der Waals surface area contributed by atoms with Gasteiger partial charge in [-0.05, 0) is 29.5 Å². The summed E-state index contributed by atoms with van der Waals surface area (Å²) in [7, 11) is 0. The van der Waals surface area contributed by atoms with Gasteiger partial charge in [0.25, 0.3) is 0 Å². The number of benzene rings is 2. The molecule has 28 heavy (non-hydrogen) atoms. The molecule has 0 bridgehead atoms. The molecule has 2 fully saturated rings. The first kappa shape index (κ1) is 18.7. The number of nitrogens with one attached hydrogen (secondary N) is 1. The van der Waals surface area contributed by atoms with E-state index in [4.69, 9.17) is 0 Å². The van der Waals surface area contributed by atoms with E-state index < -0.39 is 0 Å². The van der Waals surface area contributed by atoms with Crippen LogP contribution in [0.4, 0.5) is 0 Å². The predicted octanol–water partition coefficient (Wildman–Crippen LogP) is 2.56. The maximum Gasteiger partial charge on any atom is 0.223 e. The Labute approximate surface area is 165 Å². The van der Waals surface area contributed by atoms with Crippen molar-refractivity contribution in [2.24, 2.45) is 5.92 Å². The highest BCUT2D eigenvalue weighted by Gasteiger charge is 2.50. The van der Waals surface area contributed by atoms with Crippen molar-refractivity contribution in [1.29, 1.82) is 0 Å². The maximum absolute atomic E-state index is 12.1. The molecule has 2 aromatic rings. The third kappa shape index (κ3) is 3.54. The van der Waals surface area contributed by atoms with Crippen molar-refractivity contribution in [2.75, 3.05) is 13.2 Å². The third-order valence-electron chi connectivity index (χ3n) is 5.93. The molecule has 1 saturated carbocycles. The minimum absolute atomic E-state index is 0.0122. The highest BCUT2D eigenvalue weighted by atomic mass is 16.3. The number of likely N-dealkylation sites (tertiary alicyclic amines) is 1. The van der Waals surface area contributed by atoms with E-state index in [1.807, 2.05) is 18.2 Å². The lowest BCUT2D eigenvalue weighted by Crippen LogP contribution is -2.68. The Balaban J connectivity index is 1.54. The van der Waals surface area contributed by atoms with Gasteiger partial charge in [-0.25, -0.2) is 0 Å². The number of amides is 2. The smallest absolute Gasteiger partial charge is 0.223 e. The van der Waals surface area contributed by atoms with E-state index >= 15 is 0 Å². The first-order valence-electron chi connectivity index (χ1n) is 9.93. The molecule has 4 rings (SSSR count). The number of aliphatic hydroxyl groups excluding tert-OH is 1. The minimum Gasteiger partial charge on any atom is -0.394 e. The van der Waals surface area contributed by atoms with E-state index in [2.05, 4.69) is 41.7 Å². The SMILES string of the molecule is CC(=O)N1[C@@H](CO)[C@@H](c2ccc(-c3ccccc3)cc2)[C@@H]1CNC(=O)C1CC1. The van der Waals surface area contributed by atoms with Gasteiger partial charge in [0.15, 0.2) is 0 Å². The molecular formula is C23H26N2O3. The van der Waals surface area contributed by atoms with Gasteiger partial charge >= 0.3 is 0 Å². The Morgan fingerprint density at radius 1 is 1.00 bits per heavy atom. The molecule has 1 heterocycles. The molecule has 2 N–H and O–H groups in total. The molecular weight excluding hydrogens is 352 g/mol. The van der Waals surface area contributed by atoms with Crippen molar-refractivity contribution in [3.05, 3.63) is 60.2 Å². The van der Waals surface area contributed by atoms with Gasteiger partial charge in [0.2, 0.25) is 11.8 Å². The number of carbonyl (C=O) groups is 2. The zero-order chi connectivity index (χ0) is 19.7. The average Bonchev–Trinajstić information content (AvgIpc) is 3.53. The third-order valence-corrected chi connectivity index (χ3v) is 5.93. The second-order valence-corrected chi connectivity index (χ2v) is 7.78. The quantitative estimate of drug-likeness (QED) is 0.812. The van der Waals surface area contributed by atoms with Gasteiger partial charge in [-0.1, -0.05) is 54.6 Å². The van der Waals surface area contributed by atoms with E-state index in [1.165, 1.54) is 6.92 Å². The van der Waals surface area contributed by atoms with Crippen LogP contribution in [0.2, 0.25) is 0 Å². The van der Waals surface area contributed by atoms with Crippen LogP contribution >= 0.6 is 0 Å². The molecule has 0 radical (unpaired) electrons. The van der Waals surface area contributed by atoms with Crippen molar-refractivity contribution in [3.63, 3.8) is 0 Å². The monoisotopic (exact) mass is 378 g/mol. The second kappa shape index (κ2) is 7.76. The molecule has 2 aliphatic rings. The standard InChI is InChI=1S/C23H26N2O3/c1-15(27)25-20(13-24-23(28)19-11-12-19)22(21(25)14-26)18-9-7-17(8-10-18)16-5-3-2-4-6-16/h2-10,19-22,26H,11-14H2,1H3,(H,24,28)/t20-,21-,22-/m0/s1. The van der Waals surface area contributed by atoms with Crippen LogP contribution in [0.25, 0.3) is 11.1 Å². The Morgan fingerprint density at radius 3 is 2.21 bits per heavy atom. The van der Waals surface area contributed by atoms with Crippen LogP contribution in [0.1, 0.15) is 31.2 Å². The van der Waals surface area contributed by atoms with Crippen LogP contribution in [-0.4, -0.2) is 47.1 Å². The average molecular weight is 378 g/mol. The van der Waals surface area contributed by atoms with E-state index in [-0.39, 0.29) is 42.3 Å². The summed E-state index contributed by atoms with van der Waals surface area (Å²) >= 11 is 0. The second-order valence-electron chi connectivity index (χ2n) is 7.78. The summed E-state index contributed by atoms with van der Waals surface area (Å²) in [5.74, 6) is 0.164. The molecule has 1 aliphatic carbocycles. The van der Waals surface area contributed by atoms with Gasteiger partial charge in [0, 0.05) is 25.3 Å².